The van der Waals surface area contributed by atoms with Crippen LogP contribution in [0.4, 0.5) is 4.39 Å². The molecule has 0 N–H and O–H groups in total. The lowest BCUT2D eigenvalue weighted by Gasteiger charge is -2.34. The highest BCUT2D eigenvalue weighted by Gasteiger charge is 2.31. The first-order valence-corrected chi connectivity index (χ1v) is 11.7. The molecule has 1 aliphatic heterocycles. The van der Waals surface area contributed by atoms with Gasteiger partial charge in [-0.05, 0) is 68.1 Å². The summed E-state index contributed by atoms with van der Waals surface area (Å²) in [6.07, 6.45) is 2.78. The minimum absolute atomic E-state index is 0.00901. The first-order valence-electron chi connectivity index (χ1n) is 11.7. The number of hydrogen-bond donors (Lipinski definition) is 0. The van der Waals surface area contributed by atoms with E-state index >= 15 is 0 Å². The summed E-state index contributed by atoms with van der Waals surface area (Å²) in [7, 11) is 0. The molecule has 0 unspecified atom stereocenters. The summed E-state index contributed by atoms with van der Waals surface area (Å²) in [6, 6.07) is 14.5. The van der Waals surface area contributed by atoms with Crippen LogP contribution in [0, 0.1) is 5.82 Å². The zero-order chi connectivity index (χ0) is 22.8. The van der Waals surface area contributed by atoms with Gasteiger partial charge in [0.1, 0.15) is 11.6 Å². The number of carbonyl (C=O) groups is 1. The highest BCUT2D eigenvalue weighted by Crippen LogP contribution is 2.29. The Kier molecular flexibility index (Phi) is 6.13. The molecule has 1 aromatic heterocycles. The summed E-state index contributed by atoms with van der Waals surface area (Å²) in [6.45, 7) is 6.56. The van der Waals surface area contributed by atoms with E-state index in [1.807, 2.05) is 28.6 Å². The van der Waals surface area contributed by atoms with Crippen LogP contribution in [0.25, 0.3) is 5.69 Å². The number of benzene rings is 2. The molecule has 2 aliphatic rings. The number of aromatic nitrogens is 2. The lowest BCUT2D eigenvalue weighted by atomic mass is 10.1. The minimum atomic E-state index is -0.276. The second-order valence-corrected chi connectivity index (χ2v) is 8.66. The van der Waals surface area contributed by atoms with Crippen LogP contribution < -0.4 is 4.74 Å². The Morgan fingerprint density at radius 3 is 2.42 bits per heavy atom. The molecule has 0 spiro atoms. The molecular weight excluding hydrogens is 419 g/mol. The largest absolute Gasteiger partial charge is 0.494 e. The van der Waals surface area contributed by atoms with Crippen LogP contribution in [0.2, 0.25) is 0 Å². The van der Waals surface area contributed by atoms with Gasteiger partial charge in [0.05, 0.1) is 12.3 Å². The molecule has 5 rings (SSSR count). The van der Waals surface area contributed by atoms with Crippen LogP contribution in [0.3, 0.4) is 0 Å². The number of amides is 1. The molecule has 0 atom stereocenters. The molecule has 172 valence electrons. The van der Waals surface area contributed by atoms with E-state index in [4.69, 9.17) is 9.84 Å². The van der Waals surface area contributed by atoms with Gasteiger partial charge in [-0.15, -0.1) is 0 Å². The van der Waals surface area contributed by atoms with Gasteiger partial charge in [-0.1, -0.05) is 12.1 Å². The highest BCUT2D eigenvalue weighted by atomic mass is 19.1. The molecule has 7 heteroatoms. The average Bonchev–Trinajstić information content (AvgIpc) is 3.44. The zero-order valence-electron chi connectivity index (χ0n) is 19.0. The lowest BCUT2D eigenvalue weighted by molar-refractivity contribution is 0.0621. The summed E-state index contributed by atoms with van der Waals surface area (Å²) in [4.78, 5) is 17.7. The Hall–Kier alpha value is -3.19. The number of carbonyl (C=O) groups excluding carboxylic acids is 1. The third kappa shape index (κ3) is 4.50. The molecule has 0 bridgehead atoms. The smallest absolute Gasteiger partial charge is 0.274 e. The lowest BCUT2D eigenvalue weighted by Crippen LogP contribution is -2.48. The summed E-state index contributed by atoms with van der Waals surface area (Å²) >= 11 is 0. The van der Waals surface area contributed by atoms with Crippen molar-refractivity contribution in [2.75, 3.05) is 32.8 Å². The van der Waals surface area contributed by atoms with Crippen molar-refractivity contribution in [2.45, 2.75) is 32.7 Å². The van der Waals surface area contributed by atoms with Crippen molar-refractivity contribution in [3.63, 3.8) is 0 Å². The SMILES string of the molecule is CCOc1ccc(CN2CCN(C(=O)c3nn(-c4ccc(F)cc4)c4c3CCC4)CC2)cc1. The zero-order valence-corrected chi connectivity index (χ0v) is 19.0. The molecule has 3 aromatic rings. The normalized spacial score (nSPS) is 16.1. The topological polar surface area (TPSA) is 50.6 Å². The molecule has 2 heterocycles. The molecule has 1 aliphatic carbocycles. The predicted octanol–water partition coefficient (Wildman–Crippen LogP) is 3.86. The summed E-state index contributed by atoms with van der Waals surface area (Å²) < 4.78 is 20.7. The molecule has 0 saturated carbocycles. The van der Waals surface area contributed by atoms with Crippen LogP contribution >= 0.6 is 0 Å². The molecule has 0 radical (unpaired) electrons. The van der Waals surface area contributed by atoms with Crippen molar-refractivity contribution >= 4 is 5.91 Å². The molecule has 2 aromatic carbocycles. The predicted molar refractivity (Wildman–Crippen MR) is 124 cm³/mol. The Morgan fingerprint density at radius 2 is 1.73 bits per heavy atom. The van der Waals surface area contributed by atoms with Gasteiger partial charge in [-0.2, -0.15) is 5.10 Å². The first kappa shape index (κ1) is 21.6. The van der Waals surface area contributed by atoms with Crippen LogP contribution in [0.5, 0.6) is 5.75 Å². The molecule has 1 saturated heterocycles. The number of rotatable bonds is 6. The molecule has 1 amide bonds. The van der Waals surface area contributed by atoms with Crippen molar-refractivity contribution < 1.29 is 13.9 Å². The Bertz CT molecular complexity index is 1120. The van der Waals surface area contributed by atoms with Gasteiger partial charge >= 0.3 is 0 Å². The standard InChI is InChI=1S/C26H29FN4O2/c1-2-33-22-12-6-19(7-13-22)18-29-14-16-30(17-15-29)26(32)25-23-4-3-5-24(23)31(28-25)21-10-8-20(27)9-11-21/h6-13H,2-5,14-18H2,1H3. The molecule has 1 fully saturated rings. The Morgan fingerprint density at radius 1 is 1.00 bits per heavy atom. The van der Waals surface area contributed by atoms with E-state index in [0.717, 1.165) is 61.6 Å². The van der Waals surface area contributed by atoms with Crippen molar-refractivity contribution in [3.05, 3.63) is 76.9 Å². The van der Waals surface area contributed by atoms with E-state index in [0.29, 0.717) is 25.4 Å². The number of halogens is 1. The third-order valence-corrected chi connectivity index (χ3v) is 6.50. The summed E-state index contributed by atoms with van der Waals surface area (Å²) in [5, 5.41) is 4.69. The fourth-order valence-corrected chi connectivity index (χ4v) is 4.78. The van der Waals surface area contributed by atoms with Crippen molar-refractivity contribution in [1.82, 2.24) is 19.6 Å². The maximum Gasteiger partial charge on any atom is 0.274 e. The maximum absolute atomic E-state index is 13.4. The van der Waals surface area contributed by atoms with Gasteiger partial charge in [0.2, 0.25) is 0 Å². The second kappa shape index (κ2) is 9.35. The maximum atomic E-state index is 13.4. The van der Waals surface area contributed by atoms with E-state index in [-0.39, 0.29) is 11.7 Å². The quantitative estimate of drug-likeness (QED) is 0.575. The van der Waals surface area contributed by atoms with Gasteiger partial charge in [-0.25, -0.2) is 9.07 Å². The minimum Gasteiger partial charge on any atom is -0.494 e. The highest BCUT2D eigenvalue weighted by molar-refractivity contribution is 5.94. The summed E-state index contributed by atoms with van der Waals surface area (Å²) in [5.74, 6) is 0.626. The van der Waals surface area contributed by atoms with Gasteiger partial charge in [-0.3, -0.25) is 9.69 Å². The second-order valence-electron chi connectivity index (χ2n) is 8.66. The fourth-order valence-electron chi connectivity index (χ4n) is 4.78. The van der Waals surface area contributed by atoms with Gasteiger partial charge < -0.3 is 9.64 Å². The number of piperazine rings is 1. The number of ether oxygens (including phenoxy) is 1. The monoisotopic (exact) mass is 448 g/mol. The Balaban J connectivity index is 1.25. The van der Waals surface area contributed by atoms with Gasteiger partial charge in [0.15, 0.2) is 5.69 Å². The molecular formula is C26H29FN4O2. The van der Waals surface area contributed by atoms with Crippen molar-refractivity contribution in [2.24, 2.45) is 0 Å². The van der Waals surface area contributed by atoms with E-state index in [9.17, 15) is 9.18 Å². The number of fused-ring (bicyclic) bond motifs is 1. The van der Waals surface area contributed by atoms with Gasteiger partial charge in [0.25, 0.3) is 5.91 Å². The van der Waals surface area contributed by atoms with Crippen LogP contribution in [-0.2, 0) is 19.4 Å². The number of nitrogens with zero attached hydrogens (tertiary/aromatic N) is 4. The van der Waals surface area contributed by atoms with E-state index in [1.165, 1.54) is 17.7 Å². The van der Waals surface area contributed by atoms with Crippen molar-refractivity contribution in [1.29, 1.82) is 0 Å². The molecule has 33 heavy (non-hydrogen) atoms. The van der Waals surface area contributed by atoms with E-state index in [1.54, 1.807) is 12.1 Å². The fraction of sp³-hybridized carbons (Fsp3) is 0.385. The Labute approximate surface area is 193 Å². The summed E-state index contributed by atoms with van der Waals surface area (Å²) in [5.41, 5.74) is 4.75. The number of hydrogen-bond acceptors (Lipinski definition) is 4. The van der Waals surface area contributed by atoms with E-state index < -0.39 is 0 Å². The van der Waals surface area contributed by atoms with Gasteiger partial charge in [0, 0.05) is 44.0 Å². The molecule has 6 nitrogen and oxygen atoms in total. The van der Waals surface area contributed by atoms with Crippen molar-refractivity contribution in [3.8, 4) is 11.4 Å². The van der Waals surface area contributed by atoms with Crippen LogP contribution in [0.1, 0.15) is 40.7 Å². The third-order valence-electron chi connectivity index (χ3n) is 6.50. The average molecular weight is 449 g/mol. The van der Waals surface area contributed by atoms with Crippen LogP contribution in [0.15, 0.2) is 48.5 Å². The van der Waals surface area contributed by atoms with Crippen LogP contribution in [-0.4, -0.2) is 58.3 Å². The van der Waals surface area contributed by atoms with E-state index in [2.05, 4.69) is 17.0 Å². The first-order chi connectivity index (χ1) is 16.1.